The SMILES string of the molecule is CCCNCc1cc(F)cc(OC2C=CCCC2)c1. The van der Waals surface area contributed by atoms with Gasteiger partial charge < -0.3 is 10.1 Å². The van der Waals surface area contributed by atoms with Crippen molar-refractivity contribution in [1.82, 2.24) is 5.32 Å². The fraction of sp³-hybridized carbons (Fsp3) is 0.500. The molecule has 0 aliphatic heterocycles. The molecule has 0 radical (unpaired) electrons. The molecule has 104 valence electrons. The summed E-state index contributed by atoms with van der Waals surface area (Å²) >= 11 is 0. The van der Waals surface area contributed by atoms with Crippen molar-refractivity contribution < 1.29 is 9.13 Å². The number of nitrogens with one attached hydrogen (secondary N) is 1. The first-order valence-corrected chi connectivity index (χ1v) is 7.11. The summed E-state index contributed by atoms with van der Waals surface area (Å²) in [4.78, 5) is 0. The van der Waals surface area contributed by atoms with Gasteiger partial charge in [-0.3, -0.25) is 0 Å². The van der Waals surface area contributed by atoms with Gasteiger partial charge in [0.2, 0.25) is 0 Å². The molecule has 1 atom stereocenters. The van der Waals surface area contributed by atoms with Crippen LogP contribution in [0.3, 0.4) is 0 Å². The molecule has 0 fully saturated rings. The van der Waals surface area contributed by atoms with E-state index in [0.29, 0.717) is 12.3 Å². The van der Waals surface area contributed by atoms with Crippen molar-refractivity contribution in [2.45, 2.75) is 45.3 Å². The summed E-state index contributed by atoms with van der Waals surface area (Å²) in [5.74, 6) is 0.399. The number of ether oxygens (including phenoxy) is 1. The van der Waals surface area contributed by atoms with Crippen molar-refractivity contribution in [2.75, 3.05) is 6.54 Å². The molecule has 0 amide bonds. The van der Waals surface area contributed by atoms with Crippen molar-refractivity contribution in [2.24, 2.45) is 0 Å². The first-order chi connectivity index (χ1) is 9.28. The highest BCUT2D eigenvalue weighted by Gasteiger charge is 2.11. The fourth-order valence-electron chi connectivity index (χ4n) is 2.25. The highest BCUT2D eigenvalue weighted by atomic mass is 19.1. The number of benzene rings is 1. The van der Waals surface area contributed by atoms with Crippen LogP contribution in [0.2, 0.25) is 0 Å². The van der Waals surface area contributed by atoms with Gasteiger partial charge in [0.05, 0.1) is 0 Å². The lowest BCUT2D eigenvalue weighted by Gasteiger charge is -2.19. The average molecular weight is 263 g/mol. The number of allylic oxidation sites excluding steroid dienone is 1. The Bertz CT molecular complexity index is 431. The van der Waals surface area contributed by atoms with Gasteiger partial charge in [0, 0.05) is 12.6 Å². The molecular weight excluding hydrogens is 241 g/mol. The van der Waals surface area contributed by atoms with E-state index in [9.17, 15) is 4.39 Å². The zero-order valence-electron chi connectivity index (χ0n) is 11.5. The smallest absolute Gasteiger partial charge is 0.127 e. The Morgan fingerprint density at radius 3 is 3.00 bits per heavy atom. The Hall–Kier alpha value is -1.35. The van der Waals surface area contributed by atoms with Gasteiger partial charge in [-0.25, -0.2) is 4.39 Å². The second-order valence-corrected chi connectivity index (χ2v) is 4.99. The lowest BCUT2D eigenvalue weighted by molar-refractivity contribution is 0.229. The van der Waals surface area contributed by atoms with Gasteiger partial charge in [0.25, 0.3) is 0 Å². The predicted molar refractivity (Wildman–Crippen MR) is 75.8 cm³/mol. The van der Waals surface area contributed by atoms with Gasteiger partial charge in [0.1, 0.15) is 17.7 Å². The van der Waals surface area contributed by atoms with Crippen LogP contribution in [0.5, 0.6) is 5.75 Å². The monoisotopic (exact) mass is 263 g/mol. The summed E-state index contributed by atoms with van der Waals surface area (Å²) in [6.07, 6.45) is 8.64. The number of halogens is 1. The highest BCUT2D eigenvalue weighted by molar-refractivity contribution is 5.30. The largest absolute Gasteiger partial charge is 0.486 e. The molecule has 1 N–H and O–H groups in total. The van der Waals surface area contributed by atoms with Crippen LogP contribution in [0.15, 0.2) is 30.4 Å². The van der Waals surface area contributed by atoms with E-state index in [4.69, 9.17) is 4.74 Å². The number of rotatable bonds is 6. The number of hydrogen-bond acceptors (Lipinski definition) is 2. The molecular formula is C16H22FNO. The minimum atomic E-state index is -0.231. The molecule has 0 heterocycles. The predicted octanol–water partition coefficient (Wildman–Crippen LogP) is 3.81. The molecule has 2 nitrogen and oxygen atoms in total. The Balaban J connectivity index is 1.99. The molecule has 1 aromatic rings. The van der Waals surface area contributed by atoms with Gasteiger partial charge in [-0.1, -0.05) is 13.0 Å². The maximum absolute atomic E-state index is 13.6. The van der Waals surface area contributed by atoms with Crippen LogP contribution in [0, 0.1) is 5.82 Å². The van der Waals surface area contributed by atoms with Gasteiger partial charge in [-0.15, -0.1) is 0 Å². The fourth-order valence-corrected chi connectivity index (χ4v) is 2.25. The molecule has 0 saturated heterocycles. The third-order valence-corrected chi connectivity index (χ3v) is 3.18. The first kappa shape index (κ1) is 14.1. The summed E-state index contributed by atoms with van der Waals surface area (Å²) in [7, 11) is 0. The van der Waals surface area contributed by atoms with Crippen LogP contribution in [0.1, 0.15) is 38.2 Å². The maximum Gasteiger partial charge on any atom is 0.127 e. The standard InChI is InChI=1S/C16H22FNO/c1-2-8-18-12-13-9-14(17)11-16(10-13)19-15-6-4-3-5-7-15/h4,6,9-11,15,18H,2-3,5,7-8,12H2,1H3. The minimum absolute atomic E-state index is 0.0898. The van der Waals surface area contributed by atoms with E-state index in [2.05, 4.69) is 24.4 Å². The van der Waals surface area contributed by atoms with Crippen molar-refractivity contribution in [3.63, 3.8) is 0 Å². The van der Waals surface area contributed by atoms with Gasteiger partial charge in [-0.05, 0) is 56.0 Å². The van der Waals surface area contributed by atoms with Crippen LogP contribution >= 0.6 is 0 Å². The molecule has 19 heavy (non-hydrogen) atoms. The van der Waals surface area contributed by atoms with Crippen LogP contribution < -0.4 is 10.1 Å². The first-order valence-electron chi connectivity index (χ1n) is 7.11. The second-order valence-electron chi connectivity index (χ2n) is 4.99. The van der Waals surface area contributed by atoms with E-state index >= 15 is 0 Å². The Kier molecular flexibility index (Phi) is 5.40. The van der Waals surface area contributed by atoms with Crippen molar-refractivity contribution in [1.29, 1.82) is 0 Å². The molecule has 1 unspecified atom stereocenters. The third-order valence-electron chi connectivity index (χ3n) is 3.18. The molecule has 0 aromatic heterocycles. The topological polar surface area (TPSA) is 21.3 Å². The molecule has 1 aliphatic carbocycles. The third kappa shape index (κ3) is 4.67. The van der Waals surface area contributed by atoms with E-state index in [1.165, 1.54) is 6.07 Å². The normalized spacial score (nSPS) is 18.5. The molecule has 1 aliphatic rings. The van der Waals surface area contributed by atoms with E-state index < -0.39 is 0 Å². The summed E-state index contributed by atoms with van der Waals surface area (Å²) in [6.45, 7) is 3.74. The van der Waals surface area contributed by atoms with Crippen molar-refractivity contribution >= 4 is 0 Å². The lowest BCUT2D eigenvalue weighted by atomic mass is 10.1. The quantitative estimate of drug-likeness (QED) is 0.622. The van der Waals surface area contributed by atoms with E-state index in [-0.39, 0.29) is 11.9 Å². The number of hydrogen-bond donors (Lipinski definition) is 1. The molecule has 1 aromatic carbocycles. The van der Waals surface area contributed by atoms with E-state index in [0.717, 1.165) is 37.8 Å². The Labute approximate surface area is 114 Å². The summed E-state index contributed by atoms with van der Waals surface area (Å²) < 4.78 is 19.4. The van der Waals surface area contributed by atoms with Crippen LogP contribution in [0.4, 0.5) is 4.39 Å². The van der Waals surface area contributed by atoms with Gasteiger partial charge in [-0.2, -0.15) is 0 Å². The van der Waals surface area contributed by atoms with E-state index in [1.807, 2.05) is 6.07 Å². The summed E-state index contributed by atoms with van der Waals surface area (Å²) in [5.41, 5.74) is 0.934. The molecule has 0 saturated carbocycles. The Morgan fingerprint density at radius 1 is 1.37 bits per heavy atom. The summed E-state index contributed by atoms with van der Waals surface area (Å²) in [6, 6.07) is 4.95. The lowest BCUT2D eigenvalue weighted by Crippen LogP contribution is -2.17. The zero-order valence-corrected chi connectivity index (χ0v) is 11.5. The minimum Gasteiger partial charge on any atom is -0.486 e. The molecule has 2 rings (SSSR count). The van der Waals surface area contributed by atoms with E-state index in [1.54, 1.807) is 6.07 Å². The van der Waals surface area contributed by atoms with Crippen LogP contribution in [-0.4, -0.2) is 12.6 Å². The van der Waals surface area contributed by atoms with Crippen molar-refractivity contribution in [3.05, 3.63) is 41.7 Å². The van der Waals surface area contributed by atoms with Crippen LogP contribution in [-0.2, 0) is 6.54 Å². The second kappa shape index (κ2) is 7.29. The van der Waals surface area contributed by atoms with Crippen molar-refractivity contribution in [3.8, 4) is 5.75 Å². The van der Waals surface area contributed by atoms with Gasteiger partial charge in [0.15, 0.2) is 0 Å². The molecule has 0 spiro atoms. The average Bonchev–Trinajstić information content (AvgIpc) is 2.39. The van der Waals surface area contributed by atoms with Crippen LogP contribution in [0.25, 0.3) is 0 Å². The molecule has 0 bridgehead atoms. The maximum atomic E-state index is 13.6. The highest BCUT2D eigenvalue weighted by Crippen LogP contribution is 2.21. The summed E-state index contributed by atoms with van der Waals surface area (Å²) in [5, 5.41) is 3.27. The Morgan fingerprint density at radius 2 is 2.26 bits per heavy atom. The zero-order chi connectivity index (χ0) is 13.5. The van der Waals surface area contributed by atoms with Gasteiger partial charge >= 0.3 is 0 Å². The molecule has 3 heteroatoms.